The van der Waals surface area contributed by atoms with Crippen molar-refractivity contribution in [2.45, 2.75) is 24.4 Å². The number of carbonyl (C=O) groups is 6. The number of amides is 3. The minimum absolute atomic E-state index is 0. The van der Waals surface area contributed by atoms with Gasteiger partial charge in [0.1, 0.15) is 24.1 Å². The molecule has 0 spiro atoms. The van der Waals surface area contributed by atoms with Crippen molar-refractivity contribution in [2.24, 2.45) is 0 Å². The van der Waals surface area contributed by atoms with E-state index in [2.05, 4.69) is 10.6 Å². The summed E-state index contributed by atoms with van der Waals surface area (Å²) in [7, 11) is 0. The number of aliphatic carboxylic acids is 1. The zero-order chi connectivity index (χ0) is 34.2. The first kappa shape index (κ1) is 37.1. The predicted molar refractivity (Wildman–Crippen MR) is 176 cm³/mol. The first-order valence-electron chi connectivity index (χ1n) is 14.9. The number of esters is 1. The van der Waals surface area contributed by atoms with E-state index in [0.29, 0.717) is 11.1 Å². The smallest absolute Gasteiger partial charge is 0.543 e. The number of benzene rings is 3. The molecule has 2 heterocycles. The van der Waals surface area contributed by atoms with Crippen molar-refractivity contribution in [3.63, 3.8) is 0 Å². The normalized spacial score (nSPS) is 17.4. The molecule has 5 rings (SSSR count). The van der Waals surface area contributed by atoms with Gasteiger partial charge in [0.25, 0.3) is 11.8 Å². The zero-order valence-electron chi connectivity index (χ0n) is 26.7. The van der Waals surface area contributed by atoms with Crippen molar-refractivity contribution in [1.82, 2.24) is 15.5 Å². The molecule has 13 heteroatoms. The molecule has 2 aliphatic heterocycles. The molecule has 0 saturated carbocycles. The van der Waals surface area contributed by atoms with Crippen LogP contribution >= 0.6 is 11.8 Å². The summed E-state index contributed by atoms with van der Waals surface area (Å²) in [5.41, 5.74) is 1.84. The monoisotopic (exact) mass is 687 g/mol. The molecule has 11 nitrogen and oxygen atoms in total. The number of β-lactam (4-membered cyclic amide) rings is 1. The maximum atomic E-state index is 13.6. The molecular formula is C36H30N3NaO8S. The van der Waals surface area contributed by atoms with Crippen LogP contribution in [-0.4, -0.2) is 64.1 Å². The number of hydrogen-bond acceptors (Lipinski definition) is 9. The molecule has 1 saturated heterocycles. The van der Waals surface area contributed by atoms with Crippen LogP contribution in [0.1, 0.15) is 44.8 Å². The van der Waals surface area contributed by atoms with Gasteiger partial charge in [-0.1, -0.05) is 91.0 Å². The number of fused-ring (bicyclic) bond motifs is 1. The molecule has 0 aliphatic carbocycles. The SMILES string of the molecule is CC(=O)OCC1=C(C(=O)[O-])N2C(=O)[C@@H](NC(=O)C(NC(=O)c3ccc(C(=O)C=CC=Cc4ccccc4)cc3)c3ccccc3)[C@H]2SC1.[Na+]. The summed E-state index contributed by atoms with van der Waals surface area (Å²) in [6.07, 6.45) is 6.68. The van der Waals surface area contributed by atoms with E-state index in [1.807, 2.05) is 36.4 Å². The minimum Gasteiger partial charge on any atom is -0.543 e. The van der Waals surface area contributed by atoms with Crippen molar-refractivity contribution >= 4 is 53.3 Å². The number of ether oxygens (including phenoxy) is 1. The maximum absolute atomic E-state index is 13.6. The summed E-state index contributed by atoms with van der Waals surface area (Å²) in [5, 5.41) is 16.5. The molecule has 3 aromatic rings. The van der Waals surface area contributed by atoms with Crippen LogP contribution in [0.3, 0.4) is 0 Å². The van der Waals surface area contributed by atoms with Crippen LogP contribution in [0.25, 0.3) is 6.08 Å². The molecule has 49 heavy (non-hydrogen) atoms. The molecule has 3 amide bonds. The van der Waals surface area contributed by atoms with Crippen LogP contribution in [0.4, 0.5) is 0 Å². The largest absolute Gasteiger partial charge is 1.00 e. The predicted octanol–water partition coefficient (Wildman–Crippen LogP) is -0.419. The van der Waals surface area contributed by atoms with E-state index in [1.165, 1.54) is 49.0 Å². The van der Waals surface area contributed by atoms with E-state index in [9.17, 15) is 33.9 Å². The molecule has 2 aliphatic rings. The summed E-state index contributed by atoms with van der Waals surface area (Å²) in [6.45, 7) is 0.876. The van der Waals surface area contributed by atoms with Crippen molar-refractivity contribution in [3.8, 4) is 0 Å². The first-order valence-corrected chi connectivity index (χ1v) is 15.9. The third-order valence-electron chi connectivity index (χ3n) is 7.54. The minimum atomic E-state index is -1.60. The molecular weight excluding hydrogens is 657 g/mol. The van der Waals surface area contributed by atoms with Gasteiger partial charge >= 0.3 is 35.5 Å². The number of nitrogens with one attached hydrogen (secondary N) is 2. The Morgan fingerprint density at radius 2 is 1.57 bits per heavy atom. The fourth-order valence-electron chi connectivity index (χ4n) is 5.12. The summed E-state index contributed by atoms with van der Waals surface area (Å²) in [4.78, 5) is 76.8. The van der Waals surface area contributed by atoms with Gasteiger partial charge in [-0.2, -0.15) is 0 Å². The Balaban J connectivity index is 0.00000541. The Labute approximate surface area is 308 Å². The Morgan fingerprint density at radius 1 is 0.939 bits per heavy atom. The van der Waals surface area contributed by atoms with Gasteiger partial charge < -0.3 is 25.3 Å². The fraction of sp³-hybridized carbons (Fsp3) is 0.167. The third-order valence-corrected chi connectivity index (χ3v) is 8.88. The van der Waals surface area contributed by atoms with Gasteiger partial charge in [0.2, 0.25) is 5.91 Å². The molecule has 1 unspecified atom stereocenters. The summed E-state index contributed by atoms with van der Waals surface area (Å²) >= 11 is 1.20. The van der Waals surface area contributed by atoms with Gasteiger partial charge in [-0.15, -0.1) is 11.8 Å². The third kappa shape index (κ3) is 9.04. The average molecular weight is 688 g/mol. The number of carboxylic acids is 1. The second-order valence-electron chi connectivity index (χ2n) is 10.8. The molecule has 244 valence electrons. The number of hydrogen-bond donors (Lipinski definition) is 2. The van der Waals surface area contributed by atoms with Crippen molar-refractivity contribution in [3.05, 3.63) is 137 Å². The number of carbonyl (C=O) groups excluding carboxylic acids is 6. The van der Waals surface area contributed by atoms with E-state index in [4.69, 9.17) is 4.74 Å². The van der Waals surface area contributed by atoms with Gasteiger partial charge in [0.05, 0.1) is 11.7 Å². The second kappa shape index (κ2) is 17.1. The molecule has 2 N–H and O–H groups in total. The number of carboxylic acid groups (broad SMARTS) is 1. The molecule has 0 radical (unpaired) electrons. The number of ketones is 1. The van der Waals surface area contributed by atoms with Crippen molar-refractivity contribution in [1.29, 1.82) is 0 Å². The molecule has 1 fully saturated rings. The molecule has 3 aromatic carbocycles. The Hall–Kier alpha value is -4.75. The van der Waals surface area contributed by atoms with Crippen LogP contribution < -0.4 is 45.3 Å². The van der Waals surface area contributed by atoms with Crippen LogP contribution in [-0.2, 0) is 23.9 Å². The topological polar surface area (TPSA) is 162 Å². The average Bonchev–Trinajstić information content (AvgIpc) is 3.10. The summed E-state index contributed by atoms with van der Waals surface area (Å²) in [6, 6.07) is 21.8. The van der Waals surface area contributed by atoms with Gasteiger partial charge in [0.15, 0.2) is 5.78 Å². The van der Waals surface area contributed by atoms with Crippen LogP contribution in [0, 0.1) is 0 Å². The van der Waals surface area contributed by atoms with E-state index in [0.717, 1.165) is 10.5 Å². The van der Waals surface area contributed by atoms with Crippen molar-refractivity contribution < 1.29 is 68.2 Å². The number of nitrogens with zero attached hydrogens (tertiary/aromatic N) is 1. The van der Waals surface area contributed by atoms with Crippen LogP contribution in [0.15, 0.2) is 114 Å². The summed E-state index contributed by atoms with van der Waals surface area (Å²) < 4.78 is 4.93. The first-order chi connectivity index (χ1) is 23.1. The van der Waals surface area contributed by atoms with Gasteiger partial charge in [-0.25, -0.2) is 0 Å². The molecule has 3 atom stereocenters. The van der Waals surface area contributed by atoms with E-state index < -0.39 is 47.1 Å². The molecule has 0 bridgehead atoms. The Kier molecular flexibility index (Phi) is 12.9. The summed E-state index contributed by atoms with van der Waals surface area (Å²) in [5.74, 6) is -4.28. The molecule has 0 aromatic heterocycles. The Bertz CT molecular complexity index is 1830. The van der Waals surface area contributed by atoms with E-state index in [-0.39, 0.29) is 64.5 Å². The van der Waals surface area contributed by atoms with Crippen LogP contribution in [0.5, 0.6) is 0 Å². The zero-order valence-corrected chi connectivity index (χ0v) is 29.5. The van der Waals surface area contributed by atoms with E-state index in [1.54, 1.807) is 42.5 Å². The fourth-order valence-corrected chi connectivity index (χ4v) is 6.45. The van der Waals surface area contributed by atoms with Crippen molar-refractivity contribution in [2.75, 3.05) is 12.4 Å². The number of rotatable bonds is 12. The van der Waals surface area contributed by atoms with Crippen LogP contribution in [0.2, 0.25) is 0 Å². The number of thioether (sulfide) groups is 1. The van der Waals surface area contributed by atoms with Gasteiger partial charge in [0, 0.05) is 29.4 Å². The number of allylic oxidation sites excluding steroid dienone is 3. The van der Waals surface area contributed by atoms with Gasteiger partial charge in [-0.05, 0) is 29.3 Å². The quantitative estimate of drug-likeness (QED) is 0.0644. The standard InChI is InChI=1S/C36H31N3O8S.Na/c1-22(40)47-20-27-21-48-35-30(34(44)39(35)31(27)36(45)46)38-33(43)29(25-13-6-3-7-14-25)37-32(42)26-18-16-24(17-19-26)28(41)15-9-8-12-23-10-4-2-5-11-23;/h2-19,29-30,35H,20-21H2,1H3,(H,37,42)(H,38,43)(H,45,46);/q;+1/p-1/t29?,30-,35-;/m1./s1. The maximum Gasteiger partial charge on any atom is 1.00 e. The van der Waals surface area contributed by atoms with E-state index >= 15 is 0 Å². The second-order valence-corrected chi connectivity index (χ2v) is 11.9. The Morgan fingerprint density at radius 3 is 2.20 bits per heavy atom. The van der Waals surface area contributed by atoms with Gasteiger partial charge in [-0.3, -0.25) is 28.9 Å².